The van der Waals surface area contributed by atoms with Crippen LogP contribution in [-0.4, -0.2) is 16.1 Å². The van der Waals surface area contributed by atoms with Gasteiger partial charge in [-0.1, -0.05) is 17.9 Å². The van der Waals surface area contributed by atoms with Crippen molar-refractivity contribution in [2.45, 2.75) is 6.92 Å². The van der Waals surface area contributed by atoms with Crippen LogP contribution in [0, 0.1) is 27.2 Å². The molecule has 0 saturated heterocycles. The summed E-state index contributed by atoms with van der Waals surface area (Å²) >= 11 is 0. The third-order valence-electron chi connectivity index (χ3n) is 2.95. The van der Waals surface area contributed by atoms with Gasteiger partial charge in [0.15, 0.2) is 0 Å². The third-order valence-corrected chi connectivity index (χ3v) is 2.95. The van der Waals surface area contributed by atoms with Crippen LogP contribution in [0.1, 0.15) is 11.1 Å². The fraction of sp³-hybridized carbons (Fsp3) is 0.0714. The van der Waals surface area contributed by atoms with Crippen LogP contribution in [0.2, 0.25) is 0 Å². The molecular formula is C14H10N3O5-. The lowest BCUT2D eigenvalue weighted by Gasteiger charge is -2.08. The zero-order chi connectivity index (χ0) is 16.3. The Bertz CT molecular complexity index is 721. The summed E-state index contributed by atoms with van der Waals surface area (Å²) in [6.45, 7) is 1.71. The van der Waals surface area contributed by atoms with Crippen molar-refractivity contribution >= 4 is 23.3 Å². The molecule has 0 N–H and O–H groups in total. The maximum Gasteiger partial charge on any atom is 0.271 e. The number of aliphatic imine (C=N–C) groups is 1. The zero-order valence-corrected chi connectivity index (χ0v) is 11.4. The van der Waals surface area contributed by atoms with Crippen molar-refractivity contribution in [2.75, 3.05) is 0 Å². The smallest absolute Gasteiger partial charge is 0.271 e. The minimum absolute atomic E-state index is 0.0418. The topological polar surface area (TPSA) is 122 Å². The second-order valence-electron chi connectivity index (χ2n) is 4.47. The van der Waals surface area contributed by atoms with Gasteiger partial charge >= 0.3 is 0 Å². The molecule has 2 aromatic carbocycles. The van der Waals surface area contributed by atoms with Crippen molar-refractivity contribution in [1.82, 2.24) is 0 Å². The van der Waals surface area contributed by atoms with E-state index in [2.05, 4.69) is 4.99 Å². The summed E-state index contributed by atoms with van der Waals surface area (Å²) < 4.78 is 0. The molecule has 0 aromatic heterocycles. The highest BCUT2D eigenvalue weighted by molar-refractivity contribution is 5.86. The summed E-state index contributed by atoms with van der Waals surface area (Å²) in [5, 5.41) is 33.1. The van der Waals surface area contributed by atoms with E-state index in [9.17, 15) is 25.3 Å². The predicted octanol–water partition coefficient (Wildman–Crippen LogP) is 2.64. The van der Waals surface area contributed by atoms with Crippen LogP contribution >= 0.6 is 0 Å². The Labute approximate surface area is 124 Å². The molecule has 0 saturated carbocycles. The Kier molecular flexibility index (Phi) is 4.12. The van der Waals surface area contributed by atoms with Gasteiger partial charge in [-0.3, -0.25) is 25.2 Å². The first-order valence-corrected chi connectivity index (χ1v) is 6.13. The van der Waals surface area contributed by atoms with Crippen molar-refractivity contribution in [3.63, 3.8) is 0 Å². The van der Waals surface area contributed by atoms with Crippen LogP contribution in [0.4, 0.5) is 17.1 Å². The van der Waals surface area contributed by atoms with Gasteiger partial charge in [-0.15, -0.1) is 0 Å². The second-order valence-corrected chi connectivity index (χ2v) is 4.47. The van der Waals surface area contributed by atoms with Crippen LogP contribution in [0.15, 0.2) is 41.4 Å². The molecule has 0 bridgehead atoms. The minimum atomic E-state index is -0.616. The minimum Gasteiger partial charge on any atom is -0.872 e. The lowest BCUT2D eigenvalue weighted by atomic mass is 10.1. The van der Waals surface area contributed by atoms with E-state index in [4.69, 9.17) is 0 Å². The molecule has 0 aliphatic heterocycles. The van der Waals surface area contributed by atoms with E-state index in [1.165, 1.54) is 24.4 Å². The Morgan fingerprint density at radius 2 is 1.59 bits per heavy atom. The Balaban J connectivity index is 2.40. The molecule has 0 aliphatic rings. The van der Waals surface area contributed by atoms with Crippen LogP contribution in [0.3, 0.4) is 0 Å². The Morgan fingerprint density at radius 3 is 2.23 bits per heavy atom. The maximum atomic E-state index is 11.7. The van der Waals surface area contributed by atoms with Gasteiger partial charge in [0.2, 0.25) is 0 Å². The van der Waals surface area contributed by atoms with Crippen LogP contribution in [0.5, 0.6) is 5.75 Å². The molecule has 0 fully saturated rings. The van der Waals surface area contributed by atoms with Gasteiger partial charge in [-0.25, -0.2) is 0 Å². The highest BCUT2D eigenvalue weighted by atomic mass is 16.6. The Morgan fingerprint density at radius 1 is 1.00 bits per heavy atom. The standard InChI is InChI=1S/C14H11N3O5/c1-9-2-3-12(17(21)22)7-13(9)15-8-10-6-11(16(19)20)4-5-14(10)18/h2-8,18H,1H3/p-1. The summed E-state index contributed by atoms with van der Waals surface area (Å²) in [5.74, 6) is -0.419. The van der Waals surface area contributed by atoms with Gasteiger partial charge in [0.05, 0.1) is 15.5 Å². The number of hydrogen-bond donors (Lipinski definition) is 0. The first kappa shape index (κ1) is 15.1. The third kappa shape index (κ3) is 3.23. The number of benzene rings is 2. The Hall–Kier alpha value is -3.29. The van der Waals surface area contributed by atoms with Crippen LogP contribution < -0.4 is 5.11 Å². The lowest BCUT2D eigenvalue weighted by Crippen LogP contribution is -1.98. The molecule has 0 atom stereocenters. The number of aryl methyl sites for hydroxylation is 1. The van der Waals surface area contributed by atoms with E-state index in [0.29, 0.717) is 11.3 Å². The number of nitro groups is 2. The van der Waals surface area contributed by atoms with E-state index in [1.807, 2.05) is 0 Å². The fourth-order valence-corrected chi connectivity index (χ4v) is 1.74. The van der Waals surface area contributed by atoms with Crippen molar-refractivity contribution in [3.8, 4) is 5.75 Å². The monoisotopic (exact) mass is 300 g/mol. The van der Waals surface area contributed by atoms with E-state index in [-0.39, 0.29) is 16.9 Å². The van der Waals surface area contributed by atoms with Crippen LogP contribution in [0.25, 0.3) is 0 Å². The molecule has 22 heavy (non-hydrogen) atoms. The molecule has 2 rings (SSSR count). The molecule has 8 nitrogen and oxygen atoms in total. The number of non-ortho nitro benzene ring substituents is 2. The van der Waals surface area contributed by atoms with Crippen molar-refractivity contribution < 1.29 is 15.0 Å². The molecular weight excluding hydrogens is 290 g/mol. The predicted molar refractivity (Wildman–Crippen MR) is 77.6 cm³/mol. The maximum absolute atomic E-state index is 11.7. The molecule has 112 valence electrons. The lowest BCUT2D eigenvalue weighted by molar-refractivity contribution is -0.385. The van der Waals surface area contributed by atoms with Gasteiger partial charge in [0.1, 0.15) is 0 Å². The number of nitro benzene ring substituents is 2. The average molecular weight is 300 g/mol. The van der Waals surface area contributed by atoms with Gasteiger partial charge in [-0.05, 0) is 18.1 Å². The van der Waals surface area contributed by atoms with Gasteiger partial charge < -0.3 is 5.11 Å². The quantitative estimate of drug-likeness (QED) is 0.488. The second kappa shape index (κ2) is 6.00. The van der Waals surface area contributed by atoms with Crippen LogP contribution in [-0.2, 0) is 0 Å². The first-order chi connectivity index (χ1) is 10.4. The van der Waals surface area contributed by atoms with Gasteiger partial charge in [0, 0.05) is 30.5 Å². The molecule has 0 amide bonds. The molecule has 0 aliphatic carbocycles. The summed E-state index contributed by atoms with van der Waals surface area (Å²) in [4.78, 5) is 24.3. The normalized spacial score (nSPS) is 10.8. The summed E-state index contributed by atoms with van der Waals surface area (Å²) in [6.07, 6.45) is 1.17. The van der Waals surface area contributed by atoms with E-state index < -0.39 is 15.6 Å². The number of rotatable bonds is 4. The van der Waals surface area contributed by atoms with Crippen molar-refractivity contribution in [1.29, 1.82) is 0 Å². The summed E-state index contributed by atoms with van der Waals surface area (Å²) in [7, 11) is 0. The summed E-state index contributed by atoms with van der Waals surface area (Å²) in [5.41, 5.74) is 0.691. The highest BCUT2D eigenvalue weighted by Gasteiger charge is 2.08. The summed E-state index contributed by atoms with van der Waals surface area (Å²) in [6, 6.07) is 7.46. The molecule has 0 unspecified atom stereocenters. The fourth-order valence-electron chi connectivity index (χ4n) is 1.74. The van der Waals surface area contributed by atoms with Gasteiger partial charge in [0.25, 0.3) is 11.4 Å². The average Bonchev–Trinajstić information content (AvgIpc) is 2.47. The van der Waals surface area contributed by atoms with Gasteiger partial charge in [-0.2, -0.15) is 0 Å². The largest absolute Gasteiger partial charge is 0.872 e. The molecule has 0 radical (unpaired) electrons. The molecule has 0 spiro atoms. The van der Waals surface area contributed by atoms with Crippen molar-refractivity contribution in [2.24, 2.45) is 4.99 Å². The SMILES string of the molecule is Cc1ccc([N+](=O)[O-])cc1N=Cc1cc([N+](=O)[O-])ccc1[O-]. The van der Waals surface area contributed by atoms with E-state index in [1.54, 1.807) is 6.92 Å². The van der Waals surface area contributed by atoms with Crippen molar-refractivity contribution in [3.05, 3.63) is 67.8 Å². The van der Waals surface area contributed by atoms with E-state index in [0.717, 1.165) is 18.2 Å². The zero-order valence-electron chi connectivity index (χ0n) is 11.4. The number of nitrogens with zero attached hydrogens (tertiary/aromatic N) is 3. The first-order valence-electron chi connectivity index (χ1n) is 6.13. The number of hydrogen-bond acceptors (Lipinski definition) is 6. The molecule has 8 heteroatoms. The molecule has 2 aromatic rings. The van der Waals surface area contributed by atoms with E-state index >= 15 is 0 Å². The molecule has 0 heterocycles. The highest BCUT2D eigenvalue weighted by Crippen LogP contribution is 2.25.